The number of nitrogens with zero attached hydrogens (tertiary/aromatic N) is 1. The quantitative estimate of drug-likeness (QED) is 0.873. The van der Waals surface area contributed by atoms with Gasteiger partial charge in [0.25, 0.3) is 0 Å². The molecule has 138 valence electrons. The van der Waals surface area contributed by atoms with Gasteiger partial charge in [0.2, 0.25) is 11.8 Å². The van der Waals surface area contributed by atoms with Crippen LogP contribution in [-0.2, 0) is 9.59 Å². The maximum absolute atomic E-state index is 13.0. The van der Waals surface area contributed by atoms with Crippen LogP contribution in [0.2, 0.25) is 0 Å². The predicted octanol–water partition coefficient (Wildman–Crippen LogP) is 1.63. The second kappa shape index (κ2) is 7.33. The van der Waals surface area contributed by atoms with E-state index in [1.807, 2.05) is 43.3 Å². The van der Waals surface area contributed by atoms with Crippen LogP contribution in [-0.4, -0.2) is 49.5 Å². The summed E-state index contributed by atoms with van der Waals surface area (Å²) in [5.41, 5.74) is 6.92. The van der Waals surface area contributed by atoms with Gasteiger partial charge >= 0.3 is 0 Å². The normalized spacial score (nSPS) is 20.8. The number of amides is 2. The van der Waals surface area contributed by atoms with Crippen molar-refractivity contribution in [2.45, 2.75) is 31.3 Å². The number of carbonyl (C=O) groups excluding carboxylic acids is 2. The number of nitrogens with two attached hydrogens (primary N) is 1. The molecular formula is C20H25N3O3. The monoisotopic (exact) mass is 355 g/mol. The number of carbonyl (C=O) groups is 2. The van der Waals surface area contributed by atoms with Gasteiger partial charge in [0.1, 0.15) is 11.8 Å². The Morgan fingerprint density at radius 2 is 1.92 bits per heavy atom. The van der Waals surface area contributed by atoms with Crippen LogP contribution in [0.3, 0.4) is 0 Å². The summed E-state index contributed by atoms with van der Waals surface area (Å²) in [5, 5.41) is 4.73. The average Bonchev–Trinajstić information content (AvgIpc) is 3.06. The predicted molar refractivity (Wildman–Crippen MR) is 101 cm³/mol. The molecule has 0 saturated carbocycles. The van der Waals surface area contributed by atoms with Gasteiger partial charge < -0.3 is 20.7 Å². The van der Waals surface area contributed by atoms with E-state index in [0.29, 0.717) is 13.0 Å². The number of hydrogen-bond acceptors (Lipinski definition) is 4. The molecule has 3 rings (SSSR count). The lowest BCUT2D eigenvalue weighted by Gasteiger charge is -2.26. The van der Waals surface area contributed by atoms with Crippen molar-refractivity contribution in [3.8, 4) is 5.75 Å². The number of likely N-dealkylation sites (N-methyl/N-ethyl adjacent to an activating group) is 1. The molecule has 0 bridgehead atoms. The molecule has 2 aromatic rings. The number of hydrogen-bond donors (Lipinski definition) is 2. The van der Waals surface area contributed by atoms with Crippen molar-refractivity contribution in [2.75, 3.05) is 20.7 Å². The van der Waals surface area contributed by atoms with Crippen molar-refractivity contribution < 1.29 is 14.3 Å². The number of nitrogens with one attached hydrogen (secondary N) is 1. The first-order chi connectivity index (χ1) is 12.4. The molecule has 1 saturated heterocycles. The Morgan fingerprint density at radius 1 is 1.23 bits per heavy atom. The Bertz CT molecular complexity index is 836. The number of likely N-dealkylation sites (tertiary alicyclic amines) is 1. The fraction of sp³-hybridized carbons (Fsp3) is 0.400. The number of rotatable bonds is 4. The first-order valence-electron chi connectivity index (χ1n) is 8.80. The summed E-state index contributed by atoms with van der Waals surface area (Å²) in [6.45, 7) is 2.28. The lowest BCUT2D eigenvalue weighted by atomic mass is 9.96. The molecule has 6 heteroatoms. The van der Waals surface area contributed by atoms with Crippen molar-refractivity contribution in [2.24, 2.45) is 5.73 Å². The molecule has 1 heterocycles. The second-order valence-corrected chi connectivity index (χ2v) is 6.81. The van der Waals surface area contributed by atoms with E-state index in [1.165, 1.54) is 0 Å². The second-order valence-electron chi connectivity index (χ2n) is 6.81. The van der Waals surface area contributed by atoms with Crippen LogP contribution < -0.4 is 15.8 Å². The minimum Gasteiger partial charge on any atom is -0.497 e. The first-order valence-corrected chi connectivity index (χ1v) is 8.80. The highest BCUT2D eigenvalue weighted by molar-refractivity contribution is 5.92. The Balaban J connectivity index is 1.85. The molecular weight excluding hydrogens is 330 g/mol. The van der Waals surface area contributed by atoms with E-state index in [4.69, 9.17) is 10.5 Å². The maximum Gasteiger partial charge on any atom is 0.242 e. The van der Waals surface area contributed by atoms with Crippen molar-refractivity contribution in [3.05, 3.63) is 42.0 Å². The highest BCUT2D eigenvalue weighted by Gasteiger charge is 2.39. The Hall–Kier alpha value is -2.60. The molecule has 6 nitrogen and oxygen atoms in total. The largest absolute Gasteiger partial charge is 0.497 e. The van der Waals surface area contributed by atoms with Crippen molar-refractivity contribution >= 4 is 22.6 Å². The molecule has 3 N–H and O–H groups in total. The zero-order valence-electron chi connectivity index (χ0n) is 15.4. The lowest BCUT2D eigenvalue weighted by Crippen LogP contribution is -2.46. The molecule has 2 aromatic carbocycles. The van der Waals surface area contributed by atoms with Gasteiger partial charge in [0.05, 0.1) is 13.0 Å². The van der Waals surface area contributed by atoms with Crippen molar-refractivity contribution in [3.63, 3.8) is 0 Å². The van der Waals surface area contributed by atoms with E-state index in [1.54, 1.807) is 19.1 Å². The molecule has 0 aliphatic carbocycles. The van der Waals surface area contributed by atoms with Crippen LogP contribution in [0.5, 0.6) is 5.75 Å². The van der Waals surface area contributed by atoms with E-state index in [0.717, 1.165) is 22.1 Å². The summed E-state index contributed by atoms with van der Waals surface area (Å²) in [6, 6.07) is 11.1. The topological polar surface area (TPSA) is 84.7 Å². The SMILES string of the molecule is CNC(=O)[C@@H]1C[C@H](N)CN1C(=O)[C@@H](C)c1ccc2cc(OC)ccc2c1. The molecule has 3 atom stereocenters. The van der Waals surface area contributed by atoms with Crippen LogP contribution in [0.4, 0.5) is 0 Å². The molecule has 1 aliphatic heterocycles. The zero-order chi connectivity index (χ0) is 18.8. The molecule has 1 aliphatic rings. The van der Waals surface area contributed by atoms with Crippen LogP contribution >= 0.6 is 0 Å². The number of ether oxygens (including phenoxy) is 1. The fourth-order valence-electron chi connectivity index (χ4n) is 3.56. The first kappa shape index (κ1) is 18.2. The summed E-state index contributed by atoms with van der Waals surface area (Å²) >= 11 is 0. The van der Waals surface area contributed by atoms with Gasteiger partial charge in [0, 0.05) is 19.6 Å². The third-order valence-corrected chi connectivity index (χ3v) is 5.11. The molecule has 1 fully saturated rings. The summed E-state index contributed by atoms with van der Waals surface area (Å²) in [6.07, 6.45) is 0.496. The van der Waals surface area contributed by atoms with Gasteiger partial charge in [-0.2, -0.15) is 0 Å². The third-order valence-electron chi connectivity index (χ3n) is 5.11. The van der Waals surface area contributed by atoms with Gasteiger partial charge in [-0.05, 0) is 41.8 Å². The molecule has 0 unspecified atom stereocenters. The zero-order valence-corrected chi connectivity index (χ0v) is 15.4. The van der Waals surface area contributed by atoms with Gasteiger partial charge in [-0.25, -0.2) is 0 Å². The average molecular weight is 355 g/mol. The van der Waals surface area contributed by atoms with Crippen molar-refractivity contribution in [1.82, 2.24) is 10.2 Å². The Morgan fingerprint density at radius 3 is 2.62 bits per heavy atom. The summed E-state index contributed by atoms with van der Waals surface area (Å²) in [7, 11) is 3.22. The number of methoxy groups -OCH3 is 1. The number of benzene rings is 2. The highest BCUT2D eigenvalue weighted by Crippen LogP contribution is 2.28. The van der Waals surface area contributed by atoms with E-state index in [9.17, 15) is 9.59 Å². The standard InChI is InChI=1S/C20H25N3O3/c1-12(20(25)23-11-16(21)10-18(23)19(24)22-2)13-4-5-15-9-17(26-3)7-6-14(15)8-13/h4-9,12,16,18H,10-11,21H2,1-3H3,(H,22,24)/t12-,16-,18-/m0/s1. The summed E-state index contributed by atoms with van der Waals surface area (Å²) < 4.78 is 5.25. The van der Waals surface area contributed by atoms with Crippen molar-refractivity contribution in [1.29, 1.82) is 0 Å². The van der Waals surface area contributed by atoms with E-state index < -0.39 is 6.04 Å². The lowest BCUT2D eigenvalue weighted by molar-refractivity contribution is -0.139. The molecule has 0 radical (unpaired) electrons. The highest BCUT2D eigenvalue weighted by atomic mass is 16.5. The molecule has 2 amide bonds. The van der Waals surface area contributed by atoms with Crippen LogP contribution in [0.25, 0.3) is 10.8 Å². The van der Waals surface area contributed by atoms with Crippen LogP contribution in [0.1, 0.15) is 24.8 Å². The number of fused-ring (bicyclic) bond motifs is 1. The molecule has 26 heavy (non-hydrogen) atoms. The van der Waals surface area contributed by atoms with E-state index >= 15 is 0 Å². The van der Waals surface area contributed by atoms with Crippen LogP contribution in [0, 0.1) is 0 Å². The van der Waals surface area contributed by atoms with E-state index in [-0.39, 0.29) is 23.8 Å². The molecule has 0 spiro atoms. The minimum atomic E-state index is -0.491. The third kappa shape index (κ3) is 3.37. The van der Waals surface area contributed by atoms with Gasteiger partial charge in [-0.1, -0.05) is 24.3 Å². The van der Waals surface area contributed by atoms with Crippen LogP contribution in [0.15, 0.2) is 36.4 Å². The van der Waals surface area contributed by atoms with Gasteiger partial charge in [-0.15, -0.1) is 0 Å². The Labute approximate surface area is 153 Å². The molecule has 0 aromatic heterocycles. The fourth-order valence-corrected chi connectivity index (χ4v) is 3.56. The summed E-state index contributed by atoms with van der Waals surface area (Å²) in [5.74, 6) is 0.219. The Kier molecular flexibility index (Phi) is 5.13. The van der Waals surface area contributed by atoms with Gasteiger partial charge in [0.15, 0.2) is 0 Å². The van der Waals surface area contributed by atoms with Gasteiger partial charge in [-0.3, -0.25) is 9.59 Å². The maximum atomic E-state index is 13.0. The minimum absolute atomic E-state index is 0.0700. The smallest absolute Gasteiger partial charge is 0.242 e. The summed E-state index contributed by atoms with van der Waals surface area (Å²) in [4.78, 5) is 26.7. The van der Waals surface area contributed by atoms with E-state index in [2.05, 4.69) is 5.32 Å².